The summed E-state index contributed by atoms with van der Waals surface area (Å²) in [5.41, 5.74) is 6.23. The van der Waals surface area contributed by atoms with Crippen molar-refractivity contribution in [1.82, 2.24) is 0 Å². The lowest BCUT2D eigenvalue weighted by molar-refractivity contribution is 0.617. The Morgan fingerprint density at radius 1 is 1.58 bits per heavy atom. The first-order valence-electron chi connectivity index (χ1n) is 3.27. The molecule has 0 fully saturated rings. The van der Waals surface area contributed by atoms with Gasteiger partial charge in [-0.15, -0.1) is 0 Å². The van der Waals surface area contributed by atoms with Crippen LogP contribution in [0.25, 0.3) is 0 Å². The number of hydrogen-bond donors (Lipinski definition) is 1. The SMILES string of the molecule is N#Cc1cc(F)c(Br)c(CN)c1. The summed E-state index contributed by atoms with van der Waals surface area (Å²) in [6.07, 6.45) is 0. The number of halogens is 2. The fraction of sp³-hybridized carbons (Fsp3) is 0.125. The summed E-state index contributed by atoms with van der Waals surface area (Å²) in [5.74, 6) is -0.450. The fourth-order valence-electron chi connectivity index (χ4n) is 0.859. The molecular formula is C8H6BrFN2. The molecule has 0 heterocycles. The molecule has 0 aliphatic heterocycles. The first-order valence-corrected chi connectivity index (χ1v) is 4.06. The molecule has 2 N–H and O–H groups in total. The van der Waals surface area contributed by atoms with E-state index in [-0.39, 0.29) is 12.1 Å². The number of rotatable bonds is 1. The Kier molecular flexibility index (Phi) is 2.79. The predicted molar refractivity (Wildman–Crippen MR) is 46.7 cm³/mol. The van der Waals surface area contributed by atoms with Crippen molar-refractivity contribution in [1.29, 1.82) is 5.26 Å². The molecule has 4 heteroatoms. The highest BCUT2D eigenvalue weighted by Crippen LogP contribution is 2.21. The highest BCUT2D eigenvalue weighted by molar-refractivity contribution is 9.10. The molecule has 1 rings (SSSR count). The van der Waals surface area contributed by atoms with Gasteiger partial charge in [0.25, 0.3) is 0 Å². The van der Waals surface area contributed by atoms with E-state index < -0.39 is 5.82 Å². The van der Waals surface area contributed by atoms with Gasteiger partial charge in [-0.05, 0) is 33.6 Å². The average molecular weight is 229 g/mol. The van der Waals surface area contributed by atoms with E-state index in [1.54, 1.807) is 6.07 Å². The van der Waals surface area contributed by atoms with Gasteiger partial charge in [-0.3, -0.25) is 0 Å². The molecule has 62 valence electrons. The van der Waals surface area contributed by atoms with Gasteiger partial charge in [0, 0.05) is 6.54 Å². The smallest absolute Gasteiger partial charge is 0.139 e. The molecule has 0 atom stereocenters. The molecular weight excluding hydrogens is 223 g/mol. The van der Waals surface area contributed by atoms with Gasteiger partial charge < -0.3 is 5.73 Å². The summed E-state index contributed by atoms with van der Waals surface area (Å²) in [6.45, 7) is 0.215. The zero-order valence-corrected chi connectivity index (χ0v) is 7.73. The van der Waals surface area contributed by atoms with E-state index in [0.717, 1.165) is 0 Å². The molecule has 0 saturated carbocycles. The summed E-state index contributed by atoms with van der Waals surface area (Å²) in [7, 11) is 0. The Morgan fingerprint density at radius 2 is 2.25 bits per heavy atom. The van der Waals surface area contributed by atoms with Crippen molar-refractivity contribution in [3.8, 4) is 6.07 Å². The number of benzene rings is 1. The lowest BCUT2D eigenvalue weighted by Crippen LogP contribution is -1.99. The summed E-state index contributed by atoms with van der Waals surface area (Å²) in [5, 5.41) is 8.50. The van der Waals surface area contributed by atoms with Gasteiger partial charge in [-0.1, -0.05) is 0 Å². The second-order valence-corrected chi connectivity index (χ2v) is 3.04. The third-order valence-corrected chi connectivity index (χ3v) is 2.34. The van der Waals surface area contributed by atoms with Crippen LogP contribution in [0.15, 0.2) is 16.6 Å². The molecule has 0 amide bonds. The van der Waals surface area contributed by atoms with Crippen LogP contribution in [0.5, 0.6) is 0 Å². The van der Waals surface area contributed by atoms with Gasteiger partial charge >= 0.3 is 0 Å². The number of nitrogens with two attached hydrogens (primary N) is 1. The van der Waals surface area contributed by atoms with Crippen molar-refractivity contribution in [2.45, 2.75) is 6.54 Å². The van der Waals surface area contributed by atoms with E-state index in [4.69, 9.17) is 11.0 Å². The number of hydrogen-bond acceptors (Lipinski definition) is 2. The maximum absolute atomic E-state index is 13.0. The van der Waals surface area contributed by atoms with E-state index in [0.29, 0.717) is 10.0 Å². The van der Waals surface area contributed by atoms with E-state index >= 15 is 0 Å². The summed E-state index contributed by atoms with van der Waals surface area (Å²) in [6, 6.07) is 4.59. The van der Waals surface area contributed by atoms with Crippen molar-refractivity contribution >= 4 is 15.9 Å². The van der Waals surface area contributed by atoms with E-state index in [2.05, 4.69) is 15.9 Å². The quantitative estimate of drug-likeness (QED) is 0.799. The summed E-state index contributed by atoms with van der Waals surface area (Å²) in [4.78, 5) is 0. The second kappa shape index (κ2) is 3.65. The third kappa shape index (κ3) is 1.63. The van der Waals surface area contributed by atoms with Crippen LogP contribution >= 0.6 is 15.9 Å². The van der Waals surface area contributed by atoms with E-state index in [9.17, 15) is 4.39 Å². The van der Waals surface area contributed by atoms with Gasteiger partial charge in [0.1, 0.15) is 5.82 Å². The minimum absolute atomic E-state index is 0.215. The van der Waals surface area contributed by atoms with E-state index in [1.807, 2.05) is 6.07 Å². The summed E-state index contributed by atoms with van der Waals surface area (Å²) < 4.78 is 13.3. The molecule has 0 radical (unpaired) electrons. The van der Waals surface area contributed by atoms with Gasteiger partial charge in [-0.25, -0.2) is 4.39 Å². The van der Waals surface area contributed by atoms with Crippen molar-refractivity contribution in [3.63, 3.8) is 0 Å². The van der Waals surface area contributed by atoms with Crippen LogP contribution in [0.4, 0.5) is 4.39 Å². The van der Waals surface area contributed by atoms with Crippen molar-refractivity contribution in [3.05, 3.63) is 33.5 Å². The van der Waals surface area contributed by atoms with E-state index in [1.165, 1.54) is 6.07 Å². The van der Waals surface area contributed by atoms with Gasteiger partial charge in [-0.2, -0.15) is 5.26 Å². The molecule has 1 aromatic rings. The first-order chi connectivity index (χ1) is 5.69. The van der Waals surface area contributed by atoms with Crippen LogP contribution in [0.2, 0.25) is 0 Å². The molecule has 0 unspecified atom stereocenters. The van der Waals surface area contributed by atoms with Crippen molar-refractivity contribution < 1.29 is 4.39 Å². The van der Waals surface area contributed by atoms with Crippen LogP contribution in [0.3, 0.4) is 0 Å². The maximum atomic E-state index is 13.0. The van der Waals surface area contributed by atoms with Crippen LogP contribution in [0, 0.1) is 17.1 Å². The summed E-state index contributed by atoms with van der Waals surface area (Å²) >= 11 is 3.04. The molecule has 1 aromatic carbocycles. The van der Waals surface area contributed by atoms with Crippen LogP contribution in [-0.2, 0) is 6.54 Å². The zero-order chi connectivity index (χ0) is 9.14. The topological polar surface area (TPSA) is 49.8 Å². The minimum atomic E-state index is -0.450. The predicted octanol–water partition coefficient (Wildman–Crippen LogP) is 1.92. The second-order valence-electron chi connectivity index (χ2n) is 2.25. The van der Waals surface area contributed by atoms with Gasteiger partial charge in [0.2, 0.25) is 0 Å². The molecule has 0 aliphatic rings. The Labute approximate surface area is 77.9 Å². The highest BCUT2D eigenvalue weighted by atomic mass is 79.9. The Hall–Kier alpha value is -0.920. The standard InChI is InChI=1S/C8H6BrFN2/c9-8-6(4-12)1-5(3-11)2-7(8)10/h1-2H,4,12H2. The maximum Gasteiger partial charge on any atom is 0.139 e. The van der Waals surface area contributed by atoms with Crippen molar-refractivity contribution in [2.75, 3.05) is 0 Å². The Balaban J connectivity index is 3.31. The molecule has 0 spiro atoms. The molecule has 0 bridgehead atoms. The van der Waals surface area contributed by atoms with Gasteiger partial charge in [0.15, 0.2) is 0 Å². The monoisotopic (exact) mass is 228 g/mol. The average Bonchev–Trinajstić information content (AvgIpc) is 2.09. The Morgan fingerprint density at radius 3 is 2.75 bits per heavy atom. The van der Waals surface area contributed by atoms with Crippen LogP contribution < -0.4 is 5.73 Å². The molecule has 0 saturated heterocycles. The molecule has 2 nitrogen and oxygen atoms in total. The van der Waals surface area contributed by atoms with Crippen LogP contribution in [0.1, 0.15) is 11.1 Å². The number of nitriles is 1. The molecule has 0 aromatic heterocycles. The molecule has 0 aliphatic carbocycles. The third-order valence-electron chi connectivity index (χ3n) is 1.45. The van der Waals surface area contributed by atoms with Gasteiger partial charge in [0.05, 0.1) is 16.1 Å². The zero-order valence-electron chi connectivity index (χ0n) is 6.14. The minimum Gasteiger partial charge on any atom is -0.326 e. The van der Waals surface area contributed by atoms with Crippen molar-refractivity contribution in [2.24, 2.45) is 5.73 Å². The molecule has 12 heavy (non-hydrogen) atoms. The largest absolute Gasteiger partial charge is 0.326 e. The lowest BCUT2D eigenvalue weighted by atomic mass is 10.1. The highest BCUT2D eigenvalue weighted by Gasteiger charge is 2.06. The first kappa shape index (κ1) is 9.17. The number of nitrogens with zero attached hydrogens (tertiary/aromatic N) is 1. The lowest BCUT2D eigenvalue weighted by Gasteiger charge is -2.02. The normalized spacial score (nSPS) is 9.50. The Bertz CT molecular complexity index is 344. The fourth-order valence-corrected chi connectivity index (χ4v) is 1.25. The van der Waals surface area contributed by atoms with Crippen LogP contribution in [-0.4, -0.2) is 0 Å².